The number of imidazole rings is 1. The molecule has 0 unspecified atom stereocenters. The number of thiol groups is 1. The first-order valence-electron chi connectivity index (χ1n) is 9.91. The molecule has 1 aromatic heterocycles. The molecule has 2 N–H and O–H groups in total. The standard InChI is InChI=1S/C21H22F2N4O.CH4S/c22-16-6-2-7-17(23)20(16)15-5-1-8-18-21(15)27(13-25-18)12-19(28)26-10-3-4-14(24)9-11-26;1-2/h1-2,5-8,13-14H,3-4,9-12,24H2;2H,1H3/t14-;/m0./s1. The number of nitrogens with zero attached hydrogens (tertiary/aromatic N) is 3. The quantitative estimate of drug-likeness (QED) is 0.618. The second-order valence-electron chi connectivity index (χ2n) is 7.21. The second kappa shape index (κ2) is 10.0. The third-order valence-electron chi connectivity index (χ3n) is 5.30. The van der Waals surface area contributed by atoms with Gasteiger partial charge in [0.2, 0.25) is 5.91 Å². The van der Waals surface area contributed by atoms with Crippen molar-refractivity contribution < 1.29 is 13.6 Å². The molecule has 2 heterocycles. The number of carbonyl (C=O) groups excluding carboxylic acids is 1. The molecule has 5 nitrogen and oxygen atoms in total. The highest BCUT2D eigenvalue weighted by atomic mass is 32.1. The van der Waals surface area contributed by atoms with Gasteiger partial charge in [-0.3, -0.25) is 4.79 Å². The van der Waals surface area contributed by atoms with Crippen LogP contribution in [0.2, 0.25) is 0 Å². The molecule has 0 spiro atoms. The summed E-state index contributed by atoms with van der Waals surface area (Å²) in [5.41, 5.74) is 7.41. The second-order valence-corrected chi connectivity index (χ2v) is 7.21. The molecule has 1 aliphatic heterocycles. The van der Waals surface area contributed by atoms with E-state index >= 15 is 0 Å². The zero-order valence-corrected chi connectivity index (χ0v) is 17.8. The Morgan fingerprint density at radius 3 is 2.57 bits per heavy atom. The van der Waals surface area contributed by atoms with E-state index in [0.717, 1.165) is 19.3 Å². The van der Waals surface area contributed by atoms with Gasteiger partial charge in [0.15, 0.2) is 0 Å². The highest BCUT2D eigenvalue weighted by Crippen LogP contribution is 2.32. The van der Waals surface area contributed by atoms with Gasteiger partial charge in [0, 0.05) is 24.7 Å². The molecule has 1 aliphatic rings. The molecule has 0 saturated carbocycles. The molecule has 160 valence electrons. The van der Waals surface area contributed by atoms with Crippen molar-refractivity contribution in [3.8, 4) is 11.1 Å². The fraction of sp³-hybridized carbons (Fsp3) is 0.364. The largest absolute Gasteiger partial charge is 0.341 e. The number of hydrogen-bond acceptors (Lipinski definition) is 4. The van der Waals surface area contributed by atoms with Crippen LogP contribution in [0.3, 0.4) is 0 Å². The molecule has 0 aliphatic carbocycles. The predicted octanol–water partition coefficient (Wildman–Crippen LogP) is 3.87. The van der Waals surface area contributed by atoms with Gasteiger partial charge in [-0.1, -0.05) is 18.2 Å². The van der Waals surface area contributed by atoms with E-state index in [2.05, 4.69) is 17.6 Å². The fourth-order valence-corrected chi connectivity index (χ4v) is 3.82. The van der Waals surface area contributed by atoms with E-state index in [-0.39, 0.29) is 24.1 Å². The molecule has 1 atom stereocenters. The molecule has 0 radical (unpaired) electrons. The number of benzene rings is 2. The number of rotatable bonds is 3. The maximum Gasteiger partial charge on any atom is 0.242 e. The molecule has 30 heavy (non-hydrogen) atoms. The summed E-state index contributed by atoms with van der Waals surface area (Å²) in [5.74, 6) is -1.33. The van der Waals surface area contributed by atoms with Gasteiger partial charge in [-0.25, -0.2) is 13.8 Å². The lowest BCUT2D eigenvalue weighted by molar-refractivity contribution is -0.131. The molecule has 3 aromatic rings. The van der Waals surface area contributed by atoms with Crippen molar-refractivity contribution in [2.75, 3.05) is 19.3 Å². The molecular formula is C22H26F2N4OS. The van der Waals surface area contributed by atoms with Crippen molar-refractivity contribution in [1.82, 2.24) is 14.5 Å². The van der Waals surface area contributed by atoms with Crippen LogP contribution in [0, 0.1) is 11.6 Å². The first kappa shape index (κ1) is 22.2. The van der Waals surface area contributed by atoms with Gasteiger partial charge in [-0.15, -0.1) is 0 Å². The number of hydrogen-bond donors (Lipinski definition) is 2. The van der Waals surface area contributed by atoms with Crippen molar-refractivity contribution >= 4 is 29.6 Å². The average Bonchev–Trinajstić information content (AvgIpc) is 3.02. The maximum atomic E-state index is 14.4. The summed E-state index contributed by atoms with van der Waals surface area (Å²) in [4.78, 5) is 19.0. The summed E-state index contributed by atoms with van der Waals surface area (Å²) in [6.45, 7) is 1.37. The summed E-state index contributed by atoms with van der Waals surface area (Å²) in [6, 6.07) is 9.04. The van der Waals surface area contributed by atoms with E-state index in [9.17, 15) is 13.6 Å². The Kier molecular flexibility index (Phi) is 7.44. The van der Waals surface area contributed by atoms with Crippen LogP contribution in [-0.4, -0.2) is 45.7 Å². The van der Waals surface area contributed by atoms with Crippen LogP contribution in [0.25, 0.3) is 22.2 Å². The van der Waals surface area contributed by atoms with Gasteiger partial charge in [0.1, 0.15) is 18.2 Å². The topological polar surface area (TPSA) is 64.2 Å². The highest BCUT2D eigenvalue weighted by Gasteiger charge is 2.21. The maximum absolute atomic E-state index is 14.4. The van der Waals surface area contributed by atoms with E-state index in [4.69, 9.17) is 5.73 Å². The lowest BCUT2D eigenvalue weighted by Gasteiger charge is -2.21. The van der Waals surface area contributed by atoms with E-state index in [1.807, 2.05) is 4.90 Å². The minimum absolute atomic E-state index is 0.0443. The molecule has 4 rings (SSSR count). The van der Waals surface area contributed by atoms with Crippen molar-refractivity contribution in [1.29, 1.82) is 0 Å². The third kappa shape index (κ3) is 4.65. The van der Waals surface area contributed by atoms with Gasteiger partial charge >= 0.3 is 0 Å². The van der Waals surface area contributed by atoms with E-state index in [0.29, 0.717) is 29.7 Å². The number of carbonyl (C=O) groups is 1. The molecule has 1 fully saturated rings. The van der Waals surface area contributed by atoms with Crippen LogP contribution in [0.1, 0.15) is 19.3 Å². The zero-order valence-electron chi connectivity index (χ0n) is 16.9. The Balaban J connectivity index is 0.00000124. The van der Waals surface area contributed by atoms with Gasteiger partial charge in [0.25, 0.3) is 0 Å². The Hall–Kier alpha value is -2.45. The Labute approximate surface area is 180 Å². The van der Waals surface area contributed by atoms with E-state index in [1.54, 1.807) is 35.3 Å². The molecule has 0 bridgehead atoms. The zero-order chi connectivity index (χ0) is 21.7. The minimum atomic E-state index is -0.645. The molecule has 8 heteroatoms. The number of likely N-dealkylation sites (tertiary alicyclic amines) is 1. The Morgan fingerprint density at radius 2 is 1.83 bits per heavy atom. The average molecular weight is 433 g/mol. The highest BCUT2D eigenvalue weighted by molar-refractivity contribution is 7.79. The number of amides is 1. The normalized spacial score (nSPS) is 16.7. The summed E-state index contributed by atoms with van der Waals surface area (Å²) < 4.78 is 30.4. The number of halogens is 2. The summed E-state index contributed by atoms with van der Waals surface area (Å²) in [6.07, 6.45) is 5.81. The van der Waals surface area contributed by atoms with E-state index in [1.165, 1.54) is 18.2 Å². The van der Waals surface area contributed by atoms with Crippen LogP contribution in [0.15, 0.2) is 42.7 Å². The van der Waals surface area contributed by atoms with Crippen molar-refractivity contribution in [3.05, 3.63) is 54.4 Å². The number of aromatic nitrogens is 2. The summed E-state index contributed by atoms with van der Waals surface area (Å²) in [7, 11) is 0. The summed E-state index contributed by atoms with van der Waals surface area (Å²) >= 11 is 3.53. The van der Waals surface area contributed by atoms with Crippen molar-refractivity contribution in [3.63, 3.8) is 0 Å². The lowest BCUT2D eigenvalue weighted by atomic mass is 10.0. The van der Waals surface area contributed by atoms with E-state index < -0.39 is 11.6 Å². The fourth-order valence-electron chi connectivity index (χ4n) is 3.82. The van der Waals surface area contributed by atoms with Crippen LogP contribution in [-0.2, 0) is 11.3 Å². The molecule has 1 saturated heterocycles. The van der Waals surface area contributed by atoms with Crippen LogP contribution >= 0.6 is 12.6 Å². The van der Waals surface area contributed by atoms with Crippen molar-refractivity contribution in [2.45, 2.75) is 31.8 Å². The first-order chi connectivity index (χ1) is 14.5. The molecular weight excluding hydrogens is 406 g/mol. The predicted molar refractivity (Wildman–Crippen MR) is 118 cm³/mol. The lowest BCUT2D eigenvalue weighted by Crippen LogP contribution is -2.35. The first-order valence-corrected chi connectivity index (χ1v) is 10.8. The molecule has 1 amide bonds. The molecule has 2 aromatic carbocycles. The smallest absolute Gasteiger partial charge is 0.242 e. The van der Waals surface area contributed by atoms with Crippen LogP contribution in [0.4, 0.5) is 8.78 Å². The third-order valence-corrected chi connectivity index (χ3v) is 5.30. The van der Waals surface area contributed by atoms with Crippen LogP contribution in [0.5, 0.6) is 0 Å². The summed E-state index contributed by atoms with van der Waals surface area (Å²) in [5, 5.41) is 0. The van der Waals surface area contributed by atoms with Crippen molar-refractivity contribution in [2.24, 2.45) is 5.73 Å². The van der Waals surface area contributed by atoms with Gasteiger partial charge in [-0.2, -0.15) is 12.6 Å². The van der Waals surface area contributed by atoms with Gasteiger partial charge in [0.05, 0.1) is 22.9 Å². The Morgan fingerprint density at radius 1 is 1.13 bits per heavy atom. The number of fused-ring (bicyclic) bond motifs is 1. The number of para-hydroxylation sites is 1. The van der Waals surface area contributed by atoms with Crippen LogP contribution < -0.4 is 5.73 Å². The number of nitrogens with two attached hydrogens (primary N) is 1. The SMILES string of the molecule is CS.N[C@H]1CCCN(C(=O)Cn2cnc3cccc(-c4c(F)cccc4F)c32)CC1. The Bertz CT molecular complexity index is 1000. The monoisotopic (exact) mass is 432 g/mol. The van der Waals surface area contributed by atoms with Gasteiger partial charge < -0.3 is 15.2 Å². The van der Waals surface area contributed by atoms with Gasteiger partial charge in [-0.05, 0) is 43.7 Å². The minimum Gasteiger partial charge on any atom is -0.341 e.